The fraction of sp³-hybridized carbons (Fsp3) is 0. The SMILES string of the molecule is Fc1cccc(C#CC2=CC3=CNSN3C=C2)c1. The summed E-state index contributed by atoms with van der Waals surface area (Å²) in [6.07, 6.45) is 7.78. The number of fused-ring (bicyclic) bond motifs is 1. The van der Waals surface area contributed by atoms with E-state index in [0.29, 0.717) is 5.56 Å². The van der Waals surface area contributed by atoms with E-state index in [2.05, 4.69) is 16.6 Å². The summed E-state index contributed by atoms with van der Waals surface area (Å²) < 4.78 is 18.0. The van der Waals surface area contributed by atoms with E-state index in [1.54, 1.807) is 12.1 Å². The summed E-state index contributed by atoms with van der Waals surface area (Å²) in [4.78, 5) is 0. The van der Waals surface area contributed by atoms with Crippen LogP contribution in [0.25, 0.3) is 0 Å². The van der Waals surface area contributed by atoms with Crippen molar-refractivity contribution in [2.24, 2.45) is 0 Å². The Kier molecular flexibility index (Phi) is 2.83. The maximum Gasteiger partial charge on any atom is 0.124 e. The normalized spacial score (nSPS) is 16.2. The smallest absolute Gasteiger partial charge is 0.124 e. The number of nitrogens with one attached hydrogen (secondary N) is 1. The molecule has 0 unspecified atom stereocenters. The molecule has 0 amide bonds. The molecule has 0 atom stereocenters. The van der Waals surface area contributed by atoms with Crippen LogP contribution in [-0.2, 0) is 0 Å². The van der Waals surface area contributed by atoms with Crippen molar-refractivity contribution in [1.82, 2.24) is 9.03 Å². The van der Waals surface area contributed by atoms with Crippen molar-refractivity contribution in [3.63, 3.8) is 0 Å². The first-order valence-corrected chi connectivity index (χ1v) is 6.18. The van der Waals surface area contributed by atoms with E-state index in [1.807, 2.05) is 28.9 Å². The molecule has 0 aliphatic carbocycles. The molecule has 0 saturated heterocycles. The van der Waals surface area contributed by atoms with Gasteiger partial charge in [-0.1, -0.05) is 17.9 Å². The first kappa shape index (κ1) is 11.0. The standard InChI is InChI=1S/C14H9FN2S/c15-13-3-1-2-11(8-13)4-5-12-6-7-17-14(9-12)10-16-18-17/h1-3,6-10,16H. The highest BCUT2D eigenvalue weighted by Gasteiger charge is 2.14. The van der Waals surface area contributed by atoms with Crippen LogP contribution in [0.15, 0.2) is 60.1 Å². The topological polar surface area (TPSA) is 15.3 Å². The van der Waals surface area contributed by atoms with Crippen molar-refractivity contribution in [3.8, 4) is 11.8 Å². The Morgan fingerprint density at radius 3 is 3.11 bits per heavy atom. The second-order valence-electron chi connectivity index (χ2n) is 3.78. The summed E-state index contributed by atoms with van der Waals surface area (Å²) in [7, 11) is 0. The zero-order valence-corrected chi connectivity index (χ0v) is 10.2. The lowest BCUT2D eigenvalue weighted by Crippen LogP contribution is -2.05. The molecule has 18 heavy (non-hydrogen) atoms. The quantitative estimate of drug-likeness (QED) is 0.567. The highest BCUT2D eigenvalue weighted by Crippen LogP contribution is 2.27. The Labute approximate surface area is 109 Å². The summed E-state index contributed by atoms with van der Waals surface area (Å²) in [6.45, 7) is 0. The first-order valence-electron chi connectivity index (χ1n) is 5.41. The Morgan fingerprint density at radius 1 is 1.28 bits per heavy atom. The number of halogens is 1. The largest absolute Gasteiger partial charge is 0.316 e. The van der Waals surface area contributed by atoms with Crippen LogP contribution in [0.1, 0.15) is 5.56 Å². The fourth-order valence-electron chi connectivity index (χ4n) is 1.63. The van der Waals surface area contributed by atoms with Gasteiger partial charge in [0.15, 0.2) is 0 Å². The average molecular weight is 256 g/mol. The molecule has 1 aromatic rings. The molecule has 2 aliphatic rings. The zero-order chi connectivity index (χ0) is 12.4. The fourth-order valence-corrected chi connectivity index (χ4v) is 2.24. The second-order valence-corrected chi connectivity index (χ2v) is 4.59. The van der Waals surface area contributed by atoms with Crippen molar-refractivity contribution in [2.45, 2.75) is 0 Å². The predicted octanol–water partition coefficient (Wildman–Crippen LogP) is 2.94. The van der Waals surface area contributed by atoms with Gasteiger partial charge in [0.05, 0.1) is 17.8 Å². The van der Waals surface area contributed by atoms with Crippen molar-refractivity contribution in [2.75, 3.05) is 0 Å². The number of benzene rings is 1. The molecule has 3 rings (SSSR count). The molecule has 0 spiro atoms. The summed E-state index contributed by atoms with van der Waals surface area (Å²) in [5.41, 5.74) is 2.65. The lowest BCUT2D eigenvalue weighted by atomic mass is 10.1. The van der Waals surface area contributed by atoms with Gasteiger partial charge in [0.1, 0.15) is 5.82 Å². The van der Waals surface area contributed by atoms with Crippen LogP contribution in [0.2, 0.25) is 0 Å². The lowest BCUT2D eigenvalue weighted by Gasteiger charge is -2.14. The van der Waals surface area contributed by atoms with Gasteiger partial charge in [-0.25, -0.2) is 4.39 Å². The Morgan fingerprint density at radius 2 is 2.22 bits per heavy atom. The molecule has 1 N–H and O–H groups in total. The first-order chi connectivity index (χ1) is 8.81. The number of nitrogens with zero attached hydrogens (tertiary/aromatic N) is 1. The Hall–Kier alpha value is -2.12. The van der Waals surface area contributed by atoms with Crippen molar-refractivity contribution in [1.29, 1.82) is 0 Å². The van der Waals surface area contributed by atoms with Crippen LogP contribution in [-0.4, -0.2) is 4.31 Å². The third kappa shape index (κ3) is 2.27. The molecule has 2 aliphatic heterocycles. The van der Waals surface area contributed by atoms with Gasteiger partial charge < -0.3 is 4.72 Å². The summed E-state index contributed by atoms with van der Waals surface area (Å²) in [6, 6.07) is 6.29. The van der Waals surface area contributed by atoms with Crippen LogP contribution >= 0.6 is 12.1 Å². The second kappa shape index (κ2) is 4.63. The van der Waals surface area contributed by atoms with Gasteiger partial charge in [-0.15, -0.1) is 0 Å². The molecular formula is C14H9FN2S. The monoisotopic (exact) mass is 256 g/mol. The molecule has 0 fully saturated rings. The molecule has 2 heterocycles. The van der Waals surface area contributed by atoms with E-state index in [4.69, 9.17) is 0 Å². The highest BCUT2D eigenvalue weighted by atomic mass is 32.2. The molecule has 88 valence electrons. The summed E-state index contributed by atoms with van der Waals surface area (Å²) >= 11 is 1.51. The van der Waals surface area contributed by atoms with Crippen molar-refractivity contribution < 1.29 is 4.39 Å². The molecule has 0 aromatic heterocycles. The van der Waals surface area contributed by atoms with E-state index >= 15 is 0 Å². The minimum atomic E-state index is -0.264. The molecular weight excluding hydrogens is 247 g/mol. The van der Waals surface area contributed by atoms with Gasteiger partial charge in [0.2, 0.25) is 0 Å². The van der Waals surface area contributed by atoms with Gasteiger partial charge in [-0.2, -0.15) is 0 Å². The number of rotatable bonds is 0. The van der Waals surface area contributed by atoms with Gasteiger partial charge >= 0.3 is 0 Å². The molecule has 4 heteroatoms. The van der Waals surface area contributed by atoms with Crippen LogP contribution in [0.3, 0.4) is 0 Å². The average Bonchev–Trinajstić information content (AvgIpc) is 2.84. The van der Waals surface area contributed by atoms with E-state index in [0.717, 1.165) is 11.3 Å². The number of hydrogen-bond acceptors (Lipinski definition) is 3. The van der Waals surface area contributed by atoms with Crippen LogP contribution in [0, 0.1) is 17.7 Å². The van der Waals surface area contributed by atoms with Gasteiger partial charge in [-0.3, -0.25) is 4.31 Å². The van der Waals surface area contributed by atoms with Gasteiger partial charge in [0, 0.05) is 23.5 Å². The summed E-state index contributed by atoms with van der Waals surface area (Å²) in [5.74, 6) is 5.72. The minimum absolute atomic E-state index is 0.264. The highest BCUT2D eigenvalue weighted by molar-refractivity contribution is 7.95. The lowest BCUT2D eigenvalue weighted by molar-refractivity contribution is 0.627. The van der Waals surface area contributed by atoms with E-state index in [9.17, 15) is 4.39 Å². The maximum absolute atomic E-state index is 13.0. The summed E-state index contributed by atoms with van der Waals surface area (Å²) in [5, 5.41) is 0. The molecule has 2 nitrogen and oxygen atoms in total. The third-order valence-electron chi connectivity index (χ3n) is 2.48. The Bertz CT molecular complexity index is 635. The number of allylic oxidation sites excluding steroid dienone is 3. The molecule has 1 aromatic carbocycles. The molecule has 0 radical (unpaired) electrons. The minimum Gasteiger partial charge on any atom is -0.316 e. The maximum atomic E-state index is 13.0. The Balaban J connectivity index is 1.84. The van der Waals surface area contributed by atoms with Gasteiger partial charge in [0.25, 0.3) is 0 Å². The van der Waals surface area contributed by atoms with Gasteiger partial charge in [-0.05, 0) is 30.4 Å². The number of hydrogen-bond donors (Lipinski definition) is 1. The molecule has 0 saturated carbocycles. The zero-order valence-electron chi connectivity index (χ0n) is 9.35. The van der Waals surface area contributed by atoms with E-state index in [1.165, 1.54) is 24.3 Å². The molecule has 0 bridgehead atoms. The van der Waals surface area contributed by atoms with E-state index in [-0.39, 0.29) is 5.82 Å². The van der Waals surface area contributed by atoms with Crippen LogP contribution in [0.4, 0.5) is 4.39 Å². The van der Waals surface area contributed by atoms with Crippen molar-refractivity contribution >= 4 is 12.1 Å². The third-order valence-corrected chi connectivity index (χ3v) is 3.23. The van der Waals surface area contributed by atoms with E-state index < -0.39 is 0 Å². The van der Waals surface area contributed by atoms with Crippen LogP contribution < -0.4 is 4.72 Å². The van der Waals surface area contributed by atoms with Crippen LogP contribution in [0.5, 0.6) is 0 Å². The van der Waals surface area contributed by atoms with Crippen molar-refractivity contribution in [3.05, 3.63) is 71.5 Å². The predicted molar refractivity (Wildman–Crippen MR) is 71.1 cm³/mol.